The molecule has 104 valence electrons. The van der Waals surface area contributed by atoms with Gasteiger partial charge in [-0.25, -0.2) is 0 Å². The molecule has 0 bridgehead atoms. The second-order valence-electron chi connectivity index (χ2n) is 5.30. The zero-order valence-electron chi connectivity index (χ0n) is 12.1. The van der Waals surface area contributed by atoms with Crippen molar-refractivity contribution in [3.05, 3.63) is 35.9 Å². The maximum atomic E-state index is 11.7. The molecule has 0 spiro atoms. The molecule has 0 unspecified atom stereocenters. The molecule has 0 radical (unpaired) electrons. The molecule has 3 nitrogen and oxygen atoms in total. The Morgan fingerprint density at radius 1 is 1.26 bits per heavy atom. The van der Waals surface area contributed by atoms with Gasteiger partial charge in [0, 0.05) is 13.3 Å². The van der Waals surface area contributed by atoms with Gasteiger partial charge in [-0.1, -0.05) is 44.2 Å². The number of aldehydes is 1. The van der Waals surface area contributed by atoms with E-state index in [1.165, 1.54) is 6.92 Å². The number of hydrogen-bond acceptors (Lipinski definition) is 3. The minimum absolute atomic E-state index is 0.130. The second kappa shape index (κ2) is 6.50. The van der Waals surface area contributed by atoms with Crippen LogP contribution in [0.3, 0.4) is 0 Å². The van der Waals surface area contributed by atoms with Gasteiger partial charge >= 0.3 is 5.97 Å². The van der Waals surface area contributed by atoms with Crippen LogP contribution < -0.4 is 0 Å². The SMILES string of the molecule is CC(=O)O[C@@H](C)C[C@](C=O)(c1ccccc1)C(C)C. The van der Waals surface area contributed by atoms with Crippen LogP contribution in [-0.2, 0) is 19.7 Å². The molecule has 1 aromatic carbocycles. The highest BCUT2D eigenvalue weighted by Crippen LogP contribution is 2.35. The van der Waals surface area contributed by atoms with E-state index in [9.17, 15) is 9.59 Å². The summed E-state index contributed by atoms with van der Waals surface area (Å²) in [4.78, 5) is 22.8. The van der Waals surface area contributed by atoms with E-state index in [1.54, 1.807) is 0 Å². The lowest BCUT2D eigenvalue weighted by Gasteiger charge is -2.34. The number of esters is 1. The van der Waals surface area contributed by atoms with Gasteiger partial charge in [0.15, 0.2) is 0 Å². The molecule has 0 aliphatic carbocycles. The van der Waals surface area contributed by atoms with Crippen LogP contribution in [0.5, 0.6) is 0 Å². The van der Waals surface area contributed by atoms with E-state index in [2.05, 4.69) is 0 Å². The van der Waals surface area contributed by atoms with Gasteiger partial charge in [-0.3, -0.25) is 4.79 Å². The van der Waals surface area contributed by atoms with Crippen LogP contribution in [-0.4, -0.2) is 18.4 Å². The van der Waals surface area contributed by atoms with E-state index in [0.29, 0.717) is 6.42 Å². The third-order valence-electron chi connectivity index (χ3n) is 3.54. The first-order chi connectivity index (χ1) is 8.92. The molecular formula is C16H22O3. The Balaban J connectivity index is 3.07. The molecule has 0 aliphatic heterocycles. The van der Waals surface area contributed by atoms with Crippen molar-refractivity contribution >= 4 is 12.3 Å². The highest BCUT2D eigenvalue weighted by atomic mass is 16.5. The van der Waals surface area contributed by atoms with Crippen molar-refractivity contribution in [2.75, 3.05) is 0 Å². The fourth-order valence-electron chi connectivity index (χ4n) is 2.49. The van der Waals surface area contributed by atoms with Gasteiger partial charge in [-0.15, -0.1) is 0 Å². The molecule has 0 aromatic heterocycles. The Hall–Kier alpha value is -1.64. The Morgan fingerprint density at radius 3 is 2.26 bits per heavy atom. The molecule has 1 rings (SSSR count). The van der Waals surface area contributed by atoms with Crippen molar-refractivity contribution < 1.29 is 14.3 Å². The van der Waals surface area contributed by atoms with E-state index >= 15 is 0 Å². The van der Waals surface area contributed by atoms with Crippen LogP contribution in [0.1, 0.15) is 39.7 Å². The third kappa shape index (κ3) is 3.66. The molecule has 0 aliphatic rings. The fourth-order valence-corrected chi connectivity index (χ4v) is 2.49. The predicted molar refractivity (Wildman–Crippen MR) is 74.9 cm³/mol. The van der Waals surface area contributed by atoms with Crippen molar-refractivity contribution in [2.24, 2.45) is 5.92 Å². The largest absolute Gasteiger partial charge is 0.463 e. The molecule has 0 N–H and O–H groups in total. The Bertz CT molecular complexity index is 425. The zero-order valence-corrected chi connectivity index (χ0v) is 12.1. The van der Waals surface area contributed by atoms with Crippen LogP contribution in [0.25, 0.3) is 0 Å². The van der Waals surface area contributed by atoms with E-state index in [1.807, 2.05) is 51.1 Å². The molecule has 1 aromatic rings. The Morgan fingerprint density at radius 2 is 1.84 bits per heavy atom. The quantitative estimate of drug-likeness (QED) is 0.584. The highest BCUT2D eigenvalue weighted by molar-refractivity contribution is 5.70. The number of ether oxygens (including phenoxy) is 1. The molecule has 0 heterocycles. The van der Waals surface area contributed by atoms with Gasteiger partial charge in [0.1, 0.15) is 12.4 Å². The molecule has 0 amide bonds. The monoisotopic (exact) mass is 262 g/mol. The average Bonchev–Trinajstić information content (AvgIpc) is 2.35. The van der Waals surface area contributed by atoms with E-state index < -0.39 is 5.41 Å². The molecule has 0 saturated heterocycles. The lowest BCUT2D eigenvalue weighted by atomic mass is 9.69. The zero-order chi connectivity index (χ0) is 14.5. The molecule has 3 heteroatoms. The molecular weight excluding hydrogens is 240 g/mol. The molecule has 19 heavy (non-hydrogen) atoms. The average molecular weight is 262 g/mol. The first-order valence-electron chi connectivity index (χ1n) is 6.61. The van der Waals surface area contributed by atoms with Crippen molar-refractivity contribution in [3.63, 3.8) is 0 Å². The van der Waals surface area contributed by atoms with Gasteiger partial charge < -0.3 is 9.53 Å². The first-order valence-corrected chi connectivity index (χ1v) is 6.61. The molecule has 0 fully saturated rings. The normalized spacial score (nSPS) is 15.6. The summed E-state index contributed by atoms with van der Waals surface area (Å²) >= 11 is 0. The standard InChI is InChI=1S/C16H22O3/c1-12(2)16(11-17,10-13(3)19-14(4)18)15-8-6-5-7-9-15/h5-9,11-13H,10H2,1-4H3/t13-,16+/m0/s1. The van der Waals surface area contributed by atoms with E-state index in [4.69, 9.17) is 4.74 Å². The van der Waals surface area contributed by atoms with Gasteiger partial charge in [0.05, 0.1) is 5.41 Å². The number of rotatable bonds is 6. The van der Waals surface area contributed by atoms with Crippen LogP contribution in [0, 0.1) is 5.92 Å². The maximum Gasteiger partial charge on any atom is 0.302 e. The number of carbonyl (C=O) groups excluding carboxylic acids is 2. The lowest BCUT2D eigenvalue weighted by Crippen LogP contribution is -2.38. The van der Waals surface area contributed by atoms with E-state index in [-0.39, 0.29) is 18.0 Å². The highest BCUT2D eigenvalue weighted by Gasteiger charge is 2.37. The minimum atomic E-state index is -0.615. The summed E-state index contributed by atoms with van der Waals surface area (Å²) in [6.07, 6.45) is 1.20. The summed E-state index contributed by atoms with van der Waals surface area (Å²) in [6.45, 7) is 7.24. The maximum absolute atomic E-state index is 11.7. The first kappa shape index (κ1) is 15.4. The molecule has 0 saturated carbocycles. The van der Waals surface area contributed by atoms with Gasteiger partial charge in [0.25, 0.3) is 0 Å². The smallest absolute Gasteiger partial charge is 0.302 e. The lowest BCUT2D eigenvalue weighted by molar-refractivity contribution is -0.147. The summed E-state index contributed by atoms with van der Waals surface area (Å²) < 4.78 is 5.18. The van der Waals surface area contributed by atoms with Gasteiger partial charge in [-0.2, -0.15) is 0 Å². The number of hydrogen-bond donors (Lipinski definition) is 0. The number of benzene rings is 1. The van der Waals surface area contributed by atoms with Gasteiger partial charge in [0.2, 0.25) is 0 Å². The van der Waals surface area contributed by atoms with Crippen LogP contribution in [0.4, 0.5) is 0 Å². The van der Waals surface area contributed by atoms with Crippen molar-refractivity contribution in [1.82, 2.24) is 0 Å². The van der Waals surface area contributed by atoms with Crippen molar-refractivity contribution in [3.8, 4) is 0 Å². The van der Waals surface area contributed by atoms with Crippen LogP contribution >= 0.6 is 0 Å². The van der Waals surface area contributed by atoms with Crippen LogP contribution in [0.2, 0.25) is 0 Å². The fraction of sp³-hybridized carbons (Fsp3) is 0.500. The van der Waals surface area contributed by atoms with E-state index in [0.717, 1.165) is 11.8 Å². The molecule has 2 atom stereocenters. The topological polar surface area (TPSA) is 43.4 Å². The van der Waals surface area contributed by atoms with Crippen LogP contribution in [0.15, 0.2) is 30.3 Å². The summed E-state index contributed by atoms with van der Waals surface area (Å²) in [6, 6.07) is 9.68. The summed E-state index contributed by atoms with van der Waals surface area (Å²) in [7, 11) is 0. The minimum Gasteiger partial charge on any atom is -0.463 e. The predicted octanol–water partition coefficient (Wildman–Crippen LogP) is 3.12. The second-order valence-corrected chi connectivity index (χ2v) is 5.30. The van der Waals surface area contributed by atoms with Gasteiger partial charge in [-0.05, 0) is 18.4 Å². The third-order valence-corrected chi connectivity index (χ3v) is 3.54. The van der Waals surface area contributed by atoms with Crippen molar-refractivity contribution in [2.45, 2.75) is 45.6 Å². The number of carbonyl (C=O) groups is 2. The Labute approximate surface area is 115 Å². The Kier molecular flexibility index (Phi) is 5.28. The van der Waals surface area contributed by atoms with Crippen molar-refractivity contribution in [1.29, 1.82) is 0 Å². The summed E-state index contributed by atoms with van der Waals surface area (Å²) in [5, 5.41) is 0. The summed E-state index contributed by atoms with van der Waals surface area (Å²) in [5.74, 6) is -0.186. The summed E-state index contributed by atoms with van der Waals surface area (Å²) in [5.41, 5.74) is 0.356.